The summed E-state index contributed by atoms with van der Waals surface area (Å²) in [7, 11) is 1.99. The van der Waals surface area contributed by atoms with Crippen LogP contribution >= 0.6 is 0 Å². The highest BCUT2D eigenvalue weighted by atomic mass is 16.1. The second kappa shape index (κ2) is 6.08. The van der Waals surface area contributed by atoms with Gasteiger partial charge in [0.1, 0.15) is 0 Å². The molecule has 0 bridgehead atoms. The molecule has 2 unspecified atom stereocenters. The Morgan fingerprint density at radius 2 is 2.33 bits per heavy atom. The largest absolute Gasteiger partial charge is 0.370 e. The standard InChI is InChI=1S/C11H23N3O/c1-9(13-2)10-5-3-4-7-14(10)8-6-11(12)15/h9-10,13H,3-8H2,1-2H3,(H2,12,15). The van der Waals surface area contributed by atoms with Crippen molar-refractivity contribution in [3.05, 3.63) is 0 Å². The Morgan fingerprint density at radius 1 is 1.60 bits per heavy atom. The lowest BCUT2D eigenvalue weighted by atomic mass is 9.96. The van der Waals surface area contributed by atoms with Crippen molar-refractivity contribution in [2.75, 3.05) is 20.1 Å². The summed E-state index contributed by atoms with van der Waals surface area (Å²) in [6, 6.07) is 1.04. The minimum absolute atomic E-state index is 0.198. The number of primary amides is 1. The van der Waals surface area contributed by atoms with Crippen molar-refractivity contribution in [3.63, 3.8) is 0 Å². The van der Waals surface area contributed by atoms with E-state index in [4.69, 9.17) is 5.73 Å². The maximum Gasteiger partial charge on any atom is 0.218 e. The van der Waals surface area contributed by atoms with Gasteiger partial charge in [0.05, 0.1) is 0 Å². The number of carbonyl (C=O) groups excluding carboxylic acids is 1. The quantitative estimate of drug-likeness (QED) is 0.691. The molecule has 0 spiro atoms. The fourth-order valence-corrected chi connectivity index (χ4v) is 2.31. The van der Waals surface area contributed by atoms with Crippen LogP contribution in [0.2, 0.25) is 0 Å². The van der Waals surface area contributed by atoms with Crippen LogP contribution in [0.3, 0.4) is 0 Å². The van der Waals surface area contributed by atoms with E-state index in [1.165, 1.54) is 19.3 Å². The zero-order valence-electron chi connectivity index (χ0n) is 9.83. The van der Waals surface area contributed by atoms with Crippen molar-refractivity contribution < 1.29 is 4.79 Å². The molecular weight excluding hydrogens is 190 g/mol. The molecule has 0 aliphatic carbocycles. The van der Waals surface area contributed by atoms with Gasteiger partial charge in [-0.25, -0.2) is 0 Å². The summed E-state index contributed by atoms with van der Waals surface area (Å²) >= 11 is 0. The van der Waals surface area contributed by atoms with Gasteiger partial charge in [0.25, 0.3) is 0 Å². The Kier molecular flexibility index (Phi) is 5.05. The van der Waals surface area contributed by atoms with E-state index < -0.39 is 0 Å². The smallest absolute Gasteiger partial charge is 0.218 e. The Bertz CT molecular complexity index is 208. The van der Waals surface area contributed by atoms with E-state index in [-0.39, 0.29) is 5.91 Å². The highest BCUT2D eigenvalue weighted by Gasteiger charge is 2.26. The third-order valence-corrected chi connectivity index (χ3v) is 3.34. The fourth-order valence-electron chi connectivity index (χ4n) is 2.31. The molecule has 4 heteroatoms. The Balaban J connectivity index is 2.45. The minimum Gasteiger partial charge on any atom is -0.370 e. The van der Waals surface area contributed by atoms with Gasteiger partial charge < -0.3 is 11.1 Å². The summed E-state index contributed by atoms with van der Waals surface area (Å²) in [6.45, 7) is 4.11. The van der Waals surface area contributed by atoms with Crippen LogP contribution in [0.5, 0.6) is 0 Å². The van der Waals surface area contributed by atoms with Crippen LogP contribution in [0, 0.1) is 0 Å². The first-order valence-corrected chi connectivity index (χ1v) is 5.84. The number of amides is 1. The molecule has 1 heterocycles. The molecule has 1 aliphatic rings. The summed E-state index contributed by atoms with van der Waals surface area (Å²) in [6.07, 6.45) is 4.24. The van der Waals surface area contributed by atoms with Crippen LogP contribution in [-0.4, -0.2) is 43.0 Å². The van der Waals surface area contributed by atoms with Gasteiger partial charge in [-0.2, -0.15) is 0 Å². The lowest BCUT2D eigenvalue weighted by Gasteiger charge is -2.39. The van der Waals surface area contributed by atoms with Gasteiger partial charge in [0.15, 0.2) is 0 Å². The number of hydrogen-bond donors (Lipinski definition) is 2. The van der Waals surface area contributed by atoms with Crippen molar-refractivity contribution in [2.24, 2.45) is 5.73 Å². The Labute approximate surface area is 92.2 Å². The first kappa shape index (κ1) is 12.5. The molecule has 0 aromatic heterocycles. The lowest BCUT2D eigenvalue weighted by Crippen LogP contribution is -2.50. The average molecular weight is 213 g/mol. The fraction of sp³-hybridized carbons (Fsp3) is 0.909. The van der Waals surface area contributed by atoms with Gasteiger partial charge in [-0.1, -0.05) is 6.42 Å². The number of piperidine rings is 1. The molecule has 0 saturated carbocycles. The zero-order valence-corrected chi connectivity index (χ0v) is 9.83. The van der Waals surface area contributed by atoms with Gasteiger partial charge in [-0.15, -0.1) is 0 Å². The van der Waals surface area contributed by atoms with E-state index in [2.05, 4.69) is 17.1 Å². The number of rotatable bonds is 5. The van der Waals surface area contributed by atoms with E-state index in [0.717, 1.165) is 13.1 Å². The minimum atomic E-state index is -0.198. The van der Waals surface area contributed by atoms with Gasteiger partial charge in [0, 0.05) is 25.0 Å². The van der Waals surface area contributed by atoms with Crippen molar-refractivity contribution in [3.8, 4) is 0 Å². The summed E-state index contributed by atoms with van der Waals surface area (Å²) in [5.74, 6) is -0.198. The molecule has 1 rings (SSSR count). The molecule has 1 fully saturated rings. The van der Waals surface area contributed by atoms with E-state index >= 15 is 0 Å². The van der Waals surface area contributed by atoms with Crippen LogP contribution in [0.15, 0.2) is 0 Å². The normalized spacial score (nSPS) is 25.1. The number of nitrogens with two attached hydrogens (primary N) is 1. The Hall–Kier alpha value is -0.610. The number of carbonyl (C=O) groups is 1. The second-order valence-electron chi connectivity index (χ2n) is 4.39. The predicted octanol–water partition coefficient (Wildman–Crippen LogP) is 0.324. The van der Waals surface area contributed by atoms with E-state index in [9.17, 15) is 4.79 Å². The molecule has 0 aromatic rings. The molecule has 0 radical (unpaired) electrons. The van der Waals surface area contributed by atoms with Crippen LogP contribution in [0.4, 0.5) is 0 Å². The molecule has 0 aromatic carbocycles. The van der Waals surface area contributed by atoms with Crippen molar-refractivity contribution in [1.29, 1.82) is 0 Å². The van der Waals surface area contributed by atoms with Crippen molar-refractivity contribution in [2.45, 2.75) is 44.7 Å². The summed E-state index contributed by atoms with van der Waals surface area (Å²) < 4.78 is 0. The highest BCUT2D eigenvalue weighted by molar-refractivity contribution is 5.73. The number of likely N-dealkylation sites (N-methyl/N-ethyl adjacent to an activating group) is 1. The molecule has 1 aliphatic heterocycles. The molecule has 88 valence electrons. The van der Waals surface area contributed by atoms with Crippen LogP contribution < -0.4 is 11.1 Å². The monoisotopic (exact) mass is 213 g/mol. The van der Waals surface area contributed by atoms with E-state index in [1.807, 2.05) is 7.05 Å². The number of nitrogens with one attached hydrogen (secondary N) is 1. The predicted molar refractivity (Wildman–Crippen MR) is 61.5 cm³/mol. The molecule has 1 amide bonds. The van der Waals surface area contributed by atoms with Crippen molar-refractivity contribution in [1.82, 2.24) is 10.2 Å². The van der Waals surface area contributed by atoms with Gasteiger partial charge >= 0.3 is 0 Å². The summed E-state index contributed by atoms with van der Waals surface area (Å²) in [5.41, 5.74) is 5.18. The van der Waals surface area contributed by atoms with Gasteiger partial charge in [-0.05, 0) is 33.4 Å². The number of nitrogens with zero attached hydrogens (tertiary/aromatic N) is 1. The average Bonchev–Trinajstić information content (AvgIpc) is 2.25. The summed E-state index contributed by atoms with van der Waals surface area (Å²) in [5, 5.41) is 3.29. The number of hydrogen-bond acceptors (Lipinski definition) is 3. The summed E-state index contributed by atoms with van der Waals surface area (Å²) in [4.78, 5) is 13.2. The van der Waals surface area contributed by atoms with Gasteiger partial charge in [-0.3, -0.25) is 9.69 Å². The topological polar surface area (TPSA) is 58.4 Å². The Morgan fingerprint density at radius 3 is 2.93 bits per heavy atom. The third-order valence-electron chi connectivity index (χ3n) is 3.34. The zero-order chi connectivity index (χ0) is 11.3. The molecule has 2 atom stereocenters. The van der Waals surface area contributed by atoms with E-state index in [1.54, 1.807) is 0 Å². The van der Waals surface area contributed by atoms with Crippen LogP contribution in [0.25, 0.3) is 0 Å². The molecule has 3 N–H and O–H groups in total. The highest BCUT2D eigenvalue weighted by Crippen LogP contribution is 2.19. The third kappa shape index (κ3) is 3.80. The van der Waals surface area contributed by atoms with Gasteiger partial charge in [0.2, 0.25) is 5.91 Å². The SMILES string of the molecule is CNC(C)C1CCCCN1CCC(N)=O. The molecule has 4 nitrogen and oxygen atoms in total. The molecule has 1 saturated heterocycles. The molecular formula is C11H23N3O. The maximum atomic E-state index is 10.8. The molecule has 15 heavy (non-hydrogen) atoms. The number of likely N-dealkylation sites (tertiary alicyclic amines) is 1. The van der Waals surface area contributed by atoms with Crippen LogP contribution in [-0.2, 0) is 4.79 Å². The second-order valence-corrected chi connectivity index (χ2v) is 4.39. The maximum absolute atomic E-state index is 10.8. The lowest BCUT2D eigenvalue weighted by molar-refractivity contribution is -0.118. The van der Waals surface area contributed by atoms with E-state index in [0.29, 0.717) is 18.5 Å². The first-order chi connectivity index (χ1) is 7.15. The van der Waals surface area contributed by atoms with Crippen molar-refractivity contribution >= 4 is 5.91 Å². The van der Waals surface area contributed by atoms with Crippen LogP contribution in [0.1, 0.15) is 32.6 Å². The first-order valence-electron chi connectivity index (χ1n) is 5.84.